The number of piperidine rings is 1. The molecule has 0 radical (unpaired) electrons. The van der Waals surface area contributed by atoms with Gasteiger partial charge in [0.15, 0.2) is 0 Å². The molecule has 3 aliphatic rings. The van der Waals surface area contributed by atoms with Crippen LogP contribution in [0.5, 0.6) is 0 Å². The molecule has 0 N–H and O–H groups in total. The molecule has 2 aliphatic heterocycles. The number of carbonyl (C=O) groups excluding carboxylic acids is 1. The van der Waals surface area contributed by atoms with Crippen molar-refractivity contribution in [3.8, 4) is 0 Å². The number of rotatable bonds is 3. The number of nitrogens with zero attached hydrogens (tertiary/aromatic N) is 5. The highest BCUT2D eigenvalue weighted by molar-refractivity contribution is 5.93. The van der Waals surface area contributed by atoms with Crippen LogP contribution in [-0.4, -0.2) is 71.0 Å². The van der Waals surface area contributed by atoms with Gasteiger partial charge >= 0.3 is 0 Å². The standard InChI is InChI=1S/C18H27N5O/c24-18(23-11-9-21(10-12-23)15-5-4-6-15)16-13-17(20-14-19-16)22-7-2-1-3-8-22/h13-15H,1-12H2. The van der Waals surface area contributed by atoms with Crippen molar-refractivity contribution >= 4 is 11.7 Å². The van der Waals surface area contributed by atoms with Crippen LogP contribution in [0.3, 0.4) is 0 Å². The van der Waals surface area contributed by atoms with Gasteiger partial charge in [0.1, 0.15) is 17.8 Å². The van der Waals surface area contributed by atoms with E-state index in [1.807, 2.05) is 11.0 Å². The van der Waals surface area contributed by atoms with Crippen molar-refractivity contribution in [3.63, 3.8) is 0 Å². The molecule has 0 atom stereocenters. The van der Waals surface area contributed by atoms with Crippen LogP contribution in [0.4, 0.5) is 5.82 Å². The lowest BCUT2D eigenvalue weighted by Gasteiger charge is -2.42. The van der Waals surface area contributed by atoms with Crippen molar-refractivity contribution in [2.75, 3.05) is 44.2 Å². The van der Waals surface area contributed by atoms with Crippen LogP contribution in [0, 0.1) is 0 Å². The first kappa shape index (κ1) is 15.8. The molecule has 130 valence electrons. The highest BCUT2D eigenvalue weighted by Gasteiger charge is 2.30. The summed E-state index contributed by atoms with van der Waals surface area (Å²) >= 11 is 0. The molecule has 0 bridgehead atoms. The van der Waals surface area contributed by atoms with Crippen LogP contribution in [0.2, 0.25) is 0 Å². The predicted molar refractivity (Wildman–Crippen MR) is 93.2 cm³/mol. The van der Waals surface area contributed by atoms with E-state index < -0.39 is 0 Å². The van der Waals surface area contributed by atoms with E-state index in [-0.39, 0.29) is 5.91 Å². The van der Waals surface area contributed by atoms with E-state index >= 15 is 0 Å². The lowest BCUT2D eigenvalue weighted by Crippen LogP contribution is -2.53. The largest absolute Gasteiger partial charge is 0.357 e. The van der Waals surface area contributed by atoms with Crippen LogP contribution in [-0.2, 0) is 0 Å². The molecule has 1 aromatic rings. The molecule has 4 rings (SSSR count). The molecule has 0 aromatic carbocycles. The average Bonchev–Trinajstić information content (AvgIpc) is 2.61. The lowest BCUT2D eigenvalue weighted by atomic mass is 9.91. The van der Waals surface area contributed by atoms with Gasteiger partial charge < -0.3 is 9.80 Å². The van der Waals surface area contributed by atoms with Gasteiger partial charge in [-0.1, -0.05) is 6.42 Å². The van der Waals surface area contributed by atoms with Gasteiger partial charge in [-0.15, -0.1) is 0 Å². The van der Waals surface area contributed by atoms with E-state index in [0.29, 0.717) is 5.69 Å². The van der Waals surface area contributed by atoms with E-state index in [9.17, 15) is 4.79 Å². The highest BCUT2D eigenvalue weighted by atomic mass is 16.2. The number of hydrogen-bond acceptors (Lipinski definition) is 5. The van der Waals surface area contributed by atoms with Crippen molar-refractivity contribution in [2.45, 2.75) is 44.6 Å². The first-order valence-corrected chi connectivity index (χ1v) is 9.41. The molecule has 1 aromatic heterocycles. The Balaban J connectivity index is 1.39. The van der Waals surface area contributed by atoms with Crippen LogP contribution in [0.1, 0.15) is 49.0 Å². The van der Waals surface area contributed by atoms with Crippen molar-refractivity contribution in [1.29, 1.82) is 0 Å². The lowest BCUT2D eigenvalue weighted by molar-refractivity contribution is 0.0451. The average molecular weight is 329 g/mol. The molecule has 0 spiro atoms. The highest BCUT2D eigenvalue weighted by Crippen LogP contribution is 2.26. The second-order valence-corrected chi connectivity index (χ2v) is 7.22. The summed E-state index contributed by atoms with van der Waals surface area (Å²) in [6.07, 6.45) is 9.27. The maximum absolute atomic E-state index is 12.8. The SMILES string of the molecule is O=C(c1cc(N2CCCCC2)ncn1)N1CCN(C2CCC2)CC1. The molecule has 0 unspecified atom stereocenters. The zero-order valence-corrected chi connectivity index (χ0v) is 14.4. The quantitative estimate of drug-likeness (QED) is 0.846. The predicted octanol–water partition coefficient (Wildman–Crippen LogP) is 1.78. The fourth-order valence-electron chi connectivity index (χ4n) is 3.96. The Kier molecular flexibility index (Phi) is 4.65. The zero-order chi connectivity index (χ0) is 16.4. The van der Waals surface area contributed by atoms with Gasteiger partial charge in [0.05, 0.1) is 0 Å². The molecule has 6 nitrogen and oxygen atoms in total. The molecule has 6 heteroatoms. The summed E-state index contributed by atoms with van der Waals surface area (Å²) in [5, 5.41) is 0. The Morgan fingerprint density at radius 2 is 1.67 bits per heavy atom. The molecular weight excluding hydrogens is 302 g/mol. The number of aromatic nitrogens is 2. The van der Waals surface area contributed by atoms with Crippen LogP contribution < -0.4 is 4.90 Å². The first-order chi connectivity index (χ1) is 11.8. The van der Waals surface area contributed by atoms with Crippen LogP contribution >= 0.6 is 0 Å². The molecule has 3 heterocycles. The number of anilines is 1. The van der Waals surface area contributed by atoms with Gasteiger partial charge in [-0.3, -0.25) is 9.69 Å². The van der Waals surface area contributed by atoms with Gasteiger partial charge in [-0.05, 0) is 32.1 Å². The minimum atomic E-state index is 0.0592. The Hall–Kier alpha value is -1.69. The van der Waals surface area contributed by atoms with Gasteiger partial charge in [0, 0.05) is 51.4 Å². The molecule has 1 amide bonds. The first-order valence-electron chi connectivity index (χ1n) is 9.41. The van der Waals surface area contributed by atoms with Gasteiger partial charge in [0.2, 0.25) is 0 Å². The number of amides is 1. The van der Waals surface area contributed by atoms with Gasteiger partial charge in [-0.25, -0.2) is 9.97 Å². The molecule has 1 aliphatic carbocycles. The van der Waals surface area contributed by atoms with Crippen molar-refractivity contribution < 1.29 is 4.79 Å². The minimum absolute atomic E-state index is 0.0592. The summed E-state index contributed by atoms with van der Waals surface area (Å²) in [6.45, 7) is 5.70. The topological polar surface area (TPSA) is 52.6 Å². The molecule has 24 heavy (non-hydrogen) atoms. The summed E-state index contributed by atoms with van der Waals surface area (Å²) in [5.41, 5.74) is 0.544. The van der Waals surface area contributed by atoms with E-state index in [2.05, 4.69) is 19.8 Å². The maximum atomic E-state index is 12.8. The second-order valence-electron chi connectivity index (χ2n) is 7.22. The number of carbonyl (C=O) groups is 1. The Labute approximate surface area is 143 Å². The van der Waals surface area contributed by atoms with E-state index in [1.165, 1.54) is 38.5 Å². The van der Waals surface area contributed by atoms with Crippen molar-refractivity contribution in [2.24, 2.45) is 0 Å². The molecular formula is C18H27N5O. The summed E-state index contributed by atoms with van der Waals surface area (Å²) < 4.78 is 0. The summed E-state index contributed by atoms with van der Waals surface area (Å²) in [4.78, 5) is 28.2. The van der Waals surface area contributed by atoms with E-state index in [4.69, 9.17) is 0 Å². The Morgan fingerprint density at radius 1 is 0.917 bits per heavy atom. The maximum Gasteiger partial charge on any atom is 0.272 e. The Bertz CT molecular complexity index is 575. The smallest absolute Gasteiger partial charge is 0.272 e. The van der Waals surface area contributed by atoms with Crippen molar-refractivity contribution in [1.82, 2.24) is 19.8 Å². The normalized spacial score (nSPS) is 23.2. The summed E-state index contributed by atoms with van der Waals surface area (Å²) in [6, 6.07) is 2.65. The number of hydrogen-bond donors (Lipinski definition) is 0. The second kappa shape index (κ2) is 7.05. The third kappa shape index (κ3) is 3.24. The van der Waals surface area contributed by atoms with Crippen LogP contribution in [0.15, 0.2) is 12.4 Å². The monoisotopic (exact) mass is 329 g/mol. The van der Waals surface area contributed by atoms with E-state index in [1.54, 1.807) is 6.33 Å². The summed E-state index contributed by atoms with van der Waals surface area (Å²) in [7, 11) is 0. The summed E-state index contributed by atoms with van der Waals surface area (Å²) in [5.74, 6) is 0.963. The van der Waals surface area contributed by atoms with E-state index in [0.717, 1.165) is 51.1 Å². The third-order valence-corrected chi connectivity index (χ3v) is 5.74. The zero-order valence-electron chi connectivity index (χ0n) is 14.4. The van der Waals surface area contributed by atoms with Gasteiger partial charge in [-0.2, -0.15) is 0 Å². The minimum Gasteiger partial charge on any atom is -0.357 e. The van der Waals surface area contributed by atoms with Gasteiger partial charge in [0.25, 0.3) is 5.91 Å². The van der Waals surface area contributed by atoms with Crippen molar-refractivity contribution in [3.05, 3.63) is 18.1 Å². The molecule has 2 saturated heterocycles. The number of piperazine rings is 1. The molecule has 1 saturated carbocycles. The third-order valence-electron chi connectivity index (χ3n) is 5.74. The fourth-order valence-corrected chi connectivity index (χ4v) is 3.96. The fraction of sp³-hybridized carbons (Fsp3) is 0.722. The van der Waals surface area contributed by atoms with Crippen LogP contribution in [0.25, 0.3) is 0 Å². The Morgan fingerprint density at radius 3 is 2.33 bits per heavy atom. The molecule has 3 fully saturated rings.